The van der Waals surface area contributed by atoms with Gasteiger partial charge >= 0.3 is 6.03 Å². The minimum absolute atomic E-state index is 0.0172. The fourth-order valence-electron chi connectivity index (χ4n) is 3.09. The lowest BCUT2D eigenvalue weighted by Crippen LogP contribution is -2.51. The van der Waals surface area contributed by atoms with E-state index in [0.717, 1.165) is 5.52 Å². The van der Waals surface area contributed by atoms with E-state index < -0.39 is 18.1 Å². The Morgan fingerprint density at radius 2 is 1.96 bits per heavy atom. The van der Waals surface area contributed by atoms with Crippen LogP contribution in [-0.2, 0) is 4.79 Å². The standard InChI is InChI=1S/C17H23N5O4/c1-18-17(26)19-10-6-8-22(9-7-10)16(25)14(24)13(23)15-20-11-4-2-3-5-12(11)21-15/h2-5,10,13-14,23-24H,6-9H2,1H3,(H,20,21)(H2,18,19,26). The zero-order chi connectivity index (χ0) is 18.7. The highest BCUT2D eigenvalue weighted by Gasteiger charge is 2.33. The number of hydrogen-bond donors (Lipinski definition) is 5. The second-order valence-corrected chi connectivity index (χ2v) is 6.35. The van der Waals surface area contributed by atoms with Crippen molar-refractivity contribution in [3.63, 3.8) is 0 Å². The van der Waals surface area contributed by atoms with E-state index >= 15 is 0 Å². The number of rotatable bonds is 4. The monoisotopic (exact) mass is 361 g/mol. The Balaban J connectivity index is 1.60. The lowest BCUT2D eigenvalue weighted by molar-refractivity contribution is -0.147. The van der Waals surface area contributed by atoms with Crippen molar-refractivity contribution in [2.24, 2.45) is 0 Å². The van der Waals surface area contributed by atoms with E-state index in [1.807, 2.05) is 12.1 Å². The molecule has 2 unspecified atom stereocenters. The van der Waals surface area contributed by atoms with Gasteiger partial charge < -0.3 is 30.7 Å². The van der Waals surface area contributed by atoms with E-state index in [1.54, 1.807) is 19.2 Å². The second-order valence-electron chi connectivity index (χ2n) is 6.35. The molecule has 140 valence electrons. The number of piperidine rings is 1. The van der Waals surface area contributed by atoms with E-state index in [9.17, 15) is 19.8 Å². The molecule has 3 amide bonds. The molecule has 1 aliphatic heterocycles. The molecule has 1 aliphatic rings. The van der Waals surface area contributed by atoms with E-state index in [1.165, 1.54) is 4.90 Å². The van der Waals surface area contributed by atoms with E-state index in [2.05, 4.69) is 20.6 Å². The zero-order valence-electron chi connectivity index (χ0n) is 14.5. The van der Waals surface area contributed by atoms with E-state index in [0.29, 0.717) is 31.4 Å². The van der Waals surface area contributed by atoms with Gasteiger partial charge in [0.2, 0.25) is 0 Å². The van der Waals surface area contributed by atoms with Crippen LogP contribution in [0.5, 0.6) is 0 Å². The maximum atomic E-state index is 12.5. The molecule has 1 saturated heterocycles. The number of aromatic nitrogens is 2. The molecule has 2 aromatic rings. The molecule has 26 heavy (non-hydrogen) atoms. The smallest absolute Gasteiger partial charge is 0.314 e. The van der Waals surface area contributed by atoms with Crippen LogP contribution in [0.2, 0.25) is 0 Å². The van der Waals surface area contributed by atoms with Crippen molar-refractivity contribution in [3.05, 3.63) is 30.1 Å². The summed E-state index contributed by atoms with van der Waals surface area (Å²) in [6, 6.07) is 6.96. The Bertz CT molecular complexity index is 751. The first-order valence-corrected chi connectivity index (χ1v) is 8.57. The van der Waals surface area contributed by atoms with Crippen molar-refractivity contribution in [3.8, 4) is 0 Å². The Morgan fingerprint density at radius 3 is 2.62 bits per heavy atom. The van der Waals surface area contributed by atoms with Crippen molar-refractivity contribution < 1.29 is 19.8 Å². The maximum Gasteiger partial charge on any atom is 0.314 e. The molecule has 0 aliphatic carbocycles. The predicted octanol–water partition coefficient (Wildman–Crippen LogP) is -0.123. The molecule has 9 heteroatoms. The van der Waals surface area contributed by atoms with Crippen LogP contribution >= 0.6 is 0 Å². The van der Waals surface area contributed by atoms with Gasteiger partial charge in [-0.1, -0.05) is 12.1 Å². The largest absolute Gasteiger partial charge is 0.382 e. The van der Waals surface area contributed by atoms with Gasteiger partial charge in [-0.3, -0.25) is 4.79 Å². The topological polar surface area (TPSA) is 131 Å². The zero-order valence-corrected chi connectivity index (χ0v) is 14.5. The van der Waals surface area contributed by atoms with Crippen LogP contribution in [0.4, 0.5) is 4.79 Å². The maximum absolute atomic E-state index is 12.5. The number of urea groups is 1. The molecule has 1 aromatic heterocycles. The number of carbonyl (C=O) groups excluding carboxylic acids is 2. The van der Waals surface area contributed by atoms with Crippen molar-refractivity contribution in [1.82, 2.24) is 25.5 Å². The number of likely N-dealkylation sites (tertiary alicyclic amines) is 1. The molecule has 2 heterocycles. The average molecular weight is 361 g/mol. The highest BCUT2D eigenvalue weighted by atomic mass is 16.3. The normalized spacial score (nSPS) is 17.7. The summed E-state index contributed by atoms with van der Waals surface area (Å²) < 4.78 is 0. The third-order valence-corrected chi connectivity index (χ3v) is 4.61. The summed E-state index contributed by atoms with van der Waals surface area (Å²) in [6.45, 7) is 0.800. The molecule has 9 nitrogen and oxygen atoms in total. The summed E-state index contributed by atoms with van der Waals surface area (Å²) in [4.78, 5) is 32.5. The first kappa shape index (κ1) is 18.2. The molecule has 3 rings (SSSR count). The molecule has 0 spiro atoms. The average Bonchev–Trinajstić information content (AvgIpc) is 3.11. The minimum atomic E-state index is -1.60. The van der Waals surface area contributed by atoms with Gasteiger partial charge in [0.25, 0.3) is 5.91 Å². The molecule has 0 saturated carbocycles. The Kier molecular flexibility index (Phi) is 5.38. The number of amides is 3. The van der Waals surface area contributed by atoms with Crippen molar-refractivity contribution in [2.45, 2.75) is 31.1 Å². The van der Waals surface area contributed by atoms with Crippen molar-refractivity contribution >= 4 is 23.0 Å². The molecule has 2 atom stereocenters. The summed E-state index contributed by atoms with van der Waals surface area (Å²) in [5.41, 5.74) is 1.38. The number of fused-ring (bicyclic) bond motifs is 1. The number of imidazole rings is 1. The minimum Gasteiger partial charge on any atom is -0.382 e. The third-order valence-electron chi connectivity index (χ3n) is 4.61. The molecular formula is C17H23N5O4. The Hall–Kier alpha value is -2.65. The second kappa shape index (κ2) is 7.71. The molecule has 0 bridgehead atoms. The molecule has 1 aromatic carbocycles. The van der Waals surface area contributed by atoms with Crippen molar-refractivity contribution in [1.29, 1.82) is 0 Å². The summed E-state index contributed by atoms with van der Waals surface area (Å²) >= 11 is 0. The number of carbonyl (C=O) groups is 2. The van der Waals surface area contributed by atoms with Crippen molar-refractivity contribution in [2.75, 3.05) is 20.1 Å². The lowest BCUT2D eigenvalue weighted by atomic mass is 10.0. The molecule has 0 radical (unpaired) electrons. The lowest BCUT2D eigenvalue weighted by Gasteiger charge is -2.34. The number of nitrogens with one attached hydrogen (secondary N) is 3. The van der Waals surface area contributed by atoms with Gasteiger partial charge in [0, 0.05) is 26.2 Å². The number of benzene rings is 1. The van der Waals surface area contributed by atoms with Crippen LogP contribution in [0.1, 0.15) is 24.8 Å². The van der Waals surface area contributed by atoms with Crippen LogP contribution < -0.4 is 10.6 Å². The van der Waals surface area contributed by atoms with Crippen LogP contribution in [-0.4, -0.2) is 69.3 Å². The fraction of sp³-hybridized carbons (Fsp3) is 0.471. The number of aliphatic hydroxyl groups is 2. The van der Waals surface area contributed by atoms with Gasteiger partial charge in [0.05, 0.1) is 11.0 Å². The number of hydrogen-bond acceptors (Lipinski definition) is 5. The van der Waals surface area contributed by atoms with Crippen LogP contribution in [0.25, 0.3) is 11.0 Å². The summed E-state index contributed by atoms with van der Waals surface area (Å²) in [7, 11) is 1.55. The van der Waals surface area contributed by atoms with E-state index in [4.69, 9.17) is 0 Å². The number of para-hydroxylation sites is 2. The van der Waals surface area contributed by atoms with Crippen LogP contribution in [0.3, 0.4) is 0 Å². The van der Waals surface area contributed by atoms with Gasteiger partial charge in [0.1, 0.15) is 11.9 Å². The van der Waals surface area contributed by atoms with Gasteiger partial charge in [-0.25, -0.2) is 9.78 Å². The van der Waals surface area contributed by atoms with Gasteiger partial charge in [-0.15, -0.1) is 0 Å². The molecule has 1 fully saturated rings. The number of aliphatic hydroxyl groups excluding tert-OH is 2. The molecular weight excluding hydrogens is 338 g/mol. The fourth-order valence-corrected chi connectivity index (χ4v) is 3.09. The summed E-state index contributed by atoms with van der Waals surface area (Å²) in [6.07, 6.45) is -1.85. The predicted molar refractivity (Wildman–Crippen MR) is 94.3 cm³/mol. The highest BCUT2D eigenvalue weighted by Crippen LogP contribution is 2.21. The van der Waals surface area contributed by atoms with Gasteiger partial charge in [-0.05, 0) is 25.0 Å². The molecule has 5 N–H and O–H groups in total. The number of H-pyrrole nitrogens is 1. The number of nitrogens with zero attached hydrogens (tertiary/aromatic N) is 2. The quantitative estimate of drug-likeness (QED) is 0.518. The summed E-state index contributed by atoms with van der Waals surface area (Å²) in [5, 5.41) is 25.9. The van der Waals surface area contributed by atoms with Crippen LogP contribution in [0, 0.1) is 0 Å². The highest BCUT2D eigenvalue weighted by molar-refractivity contribution is 5.82. The van der Waals surface area contributed by atoms with Gasteiger partial charge in [-0.2, -0.15) is 0 Å². The number of aromatic amines is 1. The first-order chi connectivity index (χ1) is 12.5. The Labute approximate surface area is 150 Å². The Morgan fingerprint density at radius 1 is 1.27 bits per heavy atom. The van der Waals surface area contributed by atoms with Gasteiger partial charge in [0.15, 0.2) is 6.10 Å². The first-order valence-electron chi connectivity index (χ1n) is 8.57. The SMILES string of the molecule is CNC(=O)NC1CCN(C(=O)C(O)C(O)c2nc3ccccc3[nH]2)CC1. The summed E-state index contributed by atoms with van der Waals surface area (Å²) in [5.74, 6) is -0.389. The van der Waals surface area contributed by atoms with Crippen LogP contribution in [0.15, 0.2) is 24.3 Å². The van der Waals surface area contributed by atoms with E-state index in [-0.39, 0.29) is 17.9 Å². The third kappa shape index (κ3) is 3.78.